The third kappa shape index (κ3) is 4.42. The molecule has 2 aromatic rings. The largest absolute Gasteiger partial charge is 0.493 e. The highest BCUT2D eigenvalue weighted by molar-refractivity contribution is 5.91. The summed E-state index contributed by atoms with van der Waals surface area (Å²) in [6.45, 7) is 10.6. The number of nitrogens with zero attached hydrogens (tertiary/aromatic N) is 2. The molecule has 1 aliphatic heterocycles. The van der Waals surface area contributed by atoms with E-state index in [1.165, 1.54) is 16.8 Å². The van der Waals surface area contributed by atoms with Crippen LogP contribution >= 0.6 is 0 Å². The van der Waals surface area contributed by atoms with Crippen LogP contribution in [0.5, 0.6) is 11.5 Å². The Labute approximate surface area is 173 Å². The summed E-state index contributed by atoms with van der Waals surface area (Å²) in [7, 11) is 3.19. The molecule has 29 heavy (non-hydrogen) atoms. The number of amides is 2. The maximum atomic E-state index is 13.0. The molecule has 3 rings (SSSR count). The molecule has 0 spiro atoms. The fraction of sp³-hybridized carbons (Fsp3) is 0.435. The van der Waals surface area contributed by atoms with Crippen LogP contribution in [0.3, 0.4) is 0 Å². The number of methoxy groups -OCH3 is 2. The topological polar surface area (TPSA) is 54.0 Å². The zero-order valence-corrected chi connectivity index (χ0v) is 18.2. The van der Waals surface area contributed by atoms with Crippen molar-refractivity contribution in [1.29, 1.82) is 0 Å². The van der Waals surface area contributed by atoms with Crippen LogP contribution in [0.1, 0.15) is 23.6 Å². The second-order valence-corrected chi connectivity index (χ2v) is 7.71. The van der Waals surface area contributed by atoms with Crippen molar-refractivity contribution in [1.82, 2.24) is 4.90 Å². The molecular weight excluding hydrogens is 366 g/mol. The fourth-order valence-corrected chi connectivity index (χ4v) is 3.72. The molecule has 1 N–H and O–H groups in total. The molecule has 1 unspecified atom stereocenters. The van der Waals surface area contributed by atoms with Crippen molar-refractivity contribution in [2.45, 2.75) is 33.7 Å². The number of rotatable bonds is 4. The SMILES string of the molecule is COc1cc(C)c(NC(=O)N2CCN(c3ccc(C)c(C)c3)CC2C)cc1OC. The Hall–Kier alpha value is -2.89. The quantitative estimate of drug-likeness (QED) is 0.832. The summed E-state index contributed by atoms with van der Waals surface area (Å²) in [6, 6.07) is 10.2. The van der Waals surface area contributed by atoms with Crippen LogP contribution in [0.4, 0.5) is 16.2 Å². The number of aryl methyl sites for hydroxylation is 3. The van der Waals surface area contributed by atoms with Gasteiger partial charge in [0.2, 0.25) is 0 Å². The summed E-state index contributed by atoms with van der Waals surface area (Å²) < 4.78 is 10.7. The molecule has 1 atom stereocenters. The van der Waals surface area contributed by atoms with Crippen LogP contribution in [-0.4, -0.2) is 50.8 Å². The molecule has 156 valence electrons. The third-order valence-electron chi connectivity index (χ3n) is 5.72. The lowest BCUT2D eigenvalue weighted by Crippen LogP contribution is -2.55. The predicted octanol–water partition coefficient (Wildman–Crippen LogP) is 4.37. The molecule has 1 fully saturated rings. The fourth-order valence-electron chi connectivity index (χ4n) is 3.72. The Morgan fingerprint density at radius 3 is 2.28 bits per heavy atom. The lowest BCUT2D eigenvalue weighted by molar-refractivity contribution is 0.185. The Balaban J connectivity index is 1.69. The molecule has 0 aliphatic carbocycles. The van der Waals surface area contributed by atoms with E-state index in [2.05, 4.69) is 49.2 Å². The lowest BCUT2D eigenvalue weighted by atomic mass is 10.1. The molecule has 0 aromatic heterocycles. The molecule has 2 amide bonds. The molecule has 1 aliphatic rings. The lowest BCUT2D eigenvalue weighted by Gasteiger charge is -2.41. The van der Waals surface area contributed by atoms with E-state index in [4.69, 9.17) is 9.47 Å². The van der Waals surface area contributed by atoms with Crippen molar-refractivity contribution in [3.05, 3.63) is 47.0 Å². The van der Waals surface area contributed by atoms with E-state index < -0.39 is 0 Å². The molecule has 1 saturated heterocycles. The normalized spacial score (nSPS) is 16.6. The first-order valence-electron chi connectivity index (χ1n) is 9.96. The molecule has 0 bridgehead atoms. The van der Waals surface area contributed by atoms with Crippen LogP contribution in [0, 0.1) is 20.8 Å². The van der Waals surface area contributed by atoms with Gasteiger partial charge < -0.3 is 24.6 Å². The van der Waals surface area contributed by atoms with Crippen LogP contribution in [0.15, 0.2) is 30.3 Å². The van der Waals surface area contributed by atoms with Crippen LogP contribution in [-0.2, 0) is 0 Å². The van der Waals surface area contributed by atoms with Gasteiger partial charge in [-0.25, -0.2) is 4.79 Å². The minimum Gasteiger partial charge on any atom is -0.493 e. The third-order valence-corrected chi connectivity index (χ3v) is 5.72. The highest BCUT2D eigenvalue weighted by Gasteiger charge is 2.28. The number of hydrogen-bond donors (Lipinski definition) is 1. The molecule has 2 aromatic carbocycles. The van der Waals surface area contributed by atoms with E-state index >= 15 is 0 Å². The van der Waals surface area contributed by atoms with Gasteiger partial charge >= 0.3 is 6.03 Å². The highest BCUT2D eigenvalue weighted by atomic mass is 16.5. The van der Waals surface area contributed by atoms with Gasteiger partial charge in [0.05, 0.1) is 14.2 Å². The maximum Gasteiger partial charge on any atom is 0.322 e. The molecule has 6 nitrogen and oxygen atoms in total. The van der Waals surface area contributed by atoms with Crippen molar-refractivity contribution < 1.29 is 14.3 Å². The van der Waals surface area contributed by atoms with Gasteiger partial charge in [-0.15, -0.1) is 0 Å². The Kier molecular flexibility index (Phi) is 6.20. The number of nitrogens with one attached hydrogen (secondary N) is 1. The summed E-state index contributed by atoms with van der Waals surface area (Å²) in [6.07, 6.45) is 0. The van der Waals surface area contributed by atoms with E-state index in [-0.39, 0.29) is 12.1 Å². The number of carbonyl (C=O) groups is 1. The summed E-state index contributed by atoms with van der Waals surface area (Å²) in [5.41, 5.74) is 5.47. The predicted molar refractivity (Wildman–Crippen MR) is 118 cm³/mol. The van der Waals surface area contributed by atoms with Gasteiger partial charge in [0.25, 0.3) is 0 Å². The Morgan fingerprint density at radius 2 is 1.66 bits per heavy atom. The van der Waals surface area contributed by atoms with Crippen LogP contribution in [0.2, 0.25) is 0 Å². The monoisotopic (exact) mass is 397 g/mol. The van der Waals surface area contributed by atoms with Gasteiger partial charge in [0, 0.05) is 43.1 Å². The van der Waals surface area contributed by atoms with Gasteiger partial charge in [-0.1, -0.05) is 6.07 Å². The highest BCUT2D eigenvalue weighted by Crippen LogP contribution is 2.33. The summed E-state index contributed by atoms with van der Waals surface area (Å²) in [5, 5.41) is 3.04. The van der Waals surface area contributed by atoms with E-state index in [1.54, 1.807) is 14.2 Å². The Bertz CT molecular complexity index is 897. The zero-order valence-electron chi connectivity index (χ0n) is 18.2. The second-order valence-electron chi connectivity index (χ2n) is 7.71. The standard InChI is InChI=1S/C23H31N3O3/c1-15-7-8-19(11-16(15)2)25-9-10-26(18(4)14-25)23(27)24-20-13-22(29-6)21(28-5)12-17(20)3/h7-8,11-13,18H,9-10,14H2,1-6H3,(H,24,27). The molecule has 0 radical (unpaired) electrons. The van der Waals surface area contributed by atoms with Crippen molar-refractivity contribution in [2.24, 2.45) is 0 Å². The summed E-state index contributed by atoms with van der Waals surface area (Å²) >= 11 is 0. The molecular formula is C23H31N3O3. The van der Waals surface area contributed by atoms with Crippen molar-refractivity contribution in [2.75, 3.05) is 44.1 Å². The van der Waals surface area contributed by atoms with E-state index in [1.807, 2.05) is 24.0 Å². The summed E-state index contributed by atoms with van der Waals surface area (Å²) in [5.74, 6) is 1.25. The molecule has 1 heterocycles. The van der Waals surface area contributed by atoms with E-state index in [0.717, 1.165) is 24.3 Å². The first kappa shape index (κ1) is 20.8. The minimum atomic E-state index is -0.0902. The number of carbonyl (C=O) groups excluding carboxylic acids is 1. The second kappa shape index (κ2) is 8.64. The number of anilines is 2. The average Bonchev–Trinajstić information content (AvgIpc) is 2.70. The van der Waals surface area contributed by atoms with Crippen molar-refractivity contribution >= 4 is 17.4 Å². The first-order chi connectivity index (χ1) is 13.8. The first-order valence-corrected chi connectivity index (χ1v) is 9.96. The number of urea groups is 1. The van der Waals surface area contributed by atoms with Gasteiger partial charge in [-0.2, -0.15) is 0 Å². The number of ether oxygens (including phenoxy) is 2. The van der Waals surface area contributed by atoms with Gasteiger partial charge in [-0.3, -0.25) is 0 Å². The van der Waals surface area contributed by atoms with Gasteiger partial charge in [0.15, 0.2) is 11.5 Å². The smallest absolute Gasteiger partial charge is 0.322 e. The minimum absolute atomic E-state index is 0.0902. The zero-order chi connectivity index (χ0) is 21.1. The number of benzene rings is 2. The van der Waals surface area contributed by atoms with E-state index in [0.29, 0.717) is 18.0 Å². The van der Waals surface area contributed by atoms with Crippen molar-refractivity contribution in [3.8, 4) is 11.5 Å². The summed E-state index contributed by atoms with van der Waals surface area (Å²) in [4.78, 5) is 17.2. The van der Waals surface area contributed by atoms with Gasteiger partial charge in [0.1, 0.15) is 0 Å². The van der Waals surface area contributed by atoms with Crippen LogP contribution < -0.4 is 19.7 Å². The Morgan fingerprint density at radius 1 is 0.966 bits per heavy atom. The van der Waals surface area contributed by atoms with E-state index in [9.17, 15) is 4.79 Å². The number of piperazine rings is 1. The molecule has 6 heteroatoms. The maximum absolute atomic E-state index is 13.0. The molecule has 0 saturated carbocycles. The average molecular weight is 398 g/mol. The van der Waals surface area contributed by atoms with Crippen LogP contribution in [0.25, 0.3) is 0 Å². The number of hydrogen-bond acceptors (Lipinski definition) is 4. The van der Waals surface area contributed by atoms with Gasteiger partial charge in [-0.05, 0) is 62.6 Å². The van der Waals surface area contributed by atoms with Crippen molar-refractivity contribution in [3.63, 3.8) is 0 Å².